The highest BCUT2D eigenvalue weighted by atomic mass is 16.3. The van der Waals surface area contributed by atoms with Crippen molar-refractivity contribution in [2.24, 2.45) is 7.05 Å². The fraction of sp³-hybridized carbons (Fsp3) is 0.273. The summed E-state index contributed by atoms with van der Waals surface area (Å²) in [5.74, 6) is 0.0508. The minimum absolute atomic E-state index is 0.193. The number of amides is 1. The van der Waals surface area contributed by atoms with E-state index in [0.29, 0.717) is 37.4 Å². The molecule has 0 saturated carbocycles. The molecule has 1 fully saturated rings. The number of fused-ring (bicyclic) bond motifs is 1. The number of carbonyl (C=O) groups is 1. The van der Waals surface area contributed by atoms with E-state index in [2.05, 4.69) is 20.2 Å². The van der Waals surface area contributed by atoms with Crippen LogP contribution in [0.4, 0.5) is 17.2 Å². The highest BCUT2D eigenvalue weighted by Gasteiger charge is 2.23. The van der Waals surface area contributed by atoms with Crippen LogP contribution in [0.1, 0.15) is 23.3 Å². The molecule has 32 heavy (non-hydrogen) atoms. The molecule has 4 N–H and O–H groups in total. The first-order valence-electron chi connectivity index (χ1n) is 10.3. The van der Waals surface area contributed by atoms with Gasteiger partial charge in [0.2, 0.25) is 0 Å². The van der Waals surface area contributed by atoms with Gasteiger partial charge in [0.1, 0.15) is 12.1 Å². The predicted molar refractivity (Wildman–Crippen MR) is 120 cm³/mol. The number of hydrogen-bond acceptors (Lipinski definition) is 8. The Hall–Kier alpha value is -3.92. The van der Waals surface area contributed by atoms with Crippen molar-refractivity contribution in [1.82, 2.24) is 19.7 Å². The Bertz CT molecular complexity index is 1270. The highest BCUT2D eigenvalue weighted by molar-refractivity contribution is 6.07. The number of piperidine rings is 1. The average molecular weight is 433 g/mol. The van der Waals surface area contributed by atoms with Crippen LogP contribution in [0.2, 0.25) is 0 Å². The number of rotatable bonds is 4. The van der Waals surface area contributed by atoms with Crippen molar-refractivity contribution < 1.29 is 14.3 Å². The molecule has 10 nitrogen and oxygen atoms in total. The van der Waals surface area contributed by atoms with E-state index in [0.717, 1.165) is 27.8 Å². The third kappa shape index (κ3) is 3.65. The lowest BCUT2D eigenvalue weighted by molar-refractivity contribution is 0.102. The van der Waals surface area contributed by atoms with E-state index in [1.165, 1.54) is 12.7 Å². The molecule has 0 aliphatic carbocycles. The molecule has 4 aromatic rings. The van der Waals surface area contributed by atoms with Gasteiger partial charge < -0.3 is 25.5 Å². The summed E-state index contributed by atoms with van der Waals surface area (Å²) in [6, 6.07) is 7.57. The van der Waals surface area contributed by atoms with E-state index in [9.17, 15) is 9.90 Å². The van der Waals surface area contributed by atoms with Gasteiger partial charge in [-0.15, -0.1) is 0 Å². The summed E-state index contributed by atoms with van der Waals surface area (Å²) in [6.07, 6.45) is 5.21. The van der Waals surface area contributed by atoms with Gasteiger partial charge in [-0.3, -0.25) is 9.48 Å². The summed E-state index contributed by atoms with van der Waals surface area (Å²) in [4.78, 5) is 22.9. The van der Waals surface area contributed by atoms with Crippen LogP contribution < -0.4 is 16.0 Å². The minimum Gasteiger partial charge on any atom is -0.451 e. The van der Waals surface area contributed by atoms with Crippen molar-refractivity contribution in [3.05, 3.63) is 48.8 Å². The van der Waals surface area contributed by atoms with Crippen molar-refractivity contribution in [1.29, 1.82) is 0 Å². The van der Waals surface area contributed by atoms with Crippen molar-refractivity contribution in [3.63, 3.8) is 0 Å². The summed E-state index contributed by atoms with van der Waals surface area (Å²) >= 11 is 0. The van der Waals surface area contributed by atoms with Crippen molar-refractivity contribution in [2.45, 2.75) is 18.9 Å². The number of benzene rings is 1. The zero-order valence-corrected chi connectivity index (χ0v) is 17.5. The second-order valence-corrected chi connectivity index (χ2v) is 7.87. The Kier molecular flexibility index (Phi) is 4.98. The topological polar surface area (TPSA) is 135 Å². The smallest absolute Gasteiger partial charge is 0.277 e. The maximum atomic E-state index is 12.8. The van der Waals surface area contributed by atoms with Crippen molar-refractivity contribution in [3.8, 4) is 11.3 Å². The minimum atomic E-state index is -0.366. The van der Waals surface area contributed by atoms with E-state index >= 15 is 0 Å². The van der Waals surface area contributed by atoms with Gasteiger partial charge in [0.25, 0.3) is 5.91 Å². The van der Waals surface area contributed by atoms with E-state index in [4.69, 9.17) is 15.2 Å². The second-order valence-electron chi connectivity index (χ2n) is 7.87. The van der Waals surface area contributed by atoms with Crippen LogP contribution in [0, 0.1) is 0 Å². The maximum Gasteiger partial charge on any atom is 0.277 e. The van der Waals surface area contributed by atoms with Crippen molar-refractivity contribution >= 4 is 34.0 Å². The molecule has 4 heterocycles. The molecule has 0 radical (unpaired) electrons. The number of carbonyl (C=O) groups excluding carboxylic acids is 1. The van der Waals surface area contributed by atoms with E-state index < -0.39 is 0 Å². The molecule has 1 saturated heterocycles. The monoisotopic (exact) mass is 433 g/mol. The summed E-state index contributed by atoms with van der Waals surface area (Å²) in [7, 11) is 1.87. The van der Waals surface area contributed by atoms with E-state index in [1.807, 2.05) is 25.2 Å². The molecule has 0 atom stereocenters. The summed E-state index contributed by atoms with van der Waals surface area (Å²) in [5, 5.41) is 18.5. The number of oxazole rings is 1. The number of aliphatic hydroxyl groups excluding tert-OH is 1. The van der Waals surface area contributed by atoms with Gasteiger partial charge in [0.05, 0.1) is 28.7 Å². The van der Waals surface area contributed by atoms with Crippen LogP contribution >= 0.6 is 0 Å². The maximum absolute atomic E-state index is 12.8. The molecule has 1 aliphatic heterocycles. The van der Waals surface area contributed by atoms with Gasteiger partial charge in [0.15, 0.2) is 12.1 Å². The number of aromatic nitrogens is 4. The molecule has 1 aliphatic rings. The molecule has 1 amide bonds. The molecule has 3 aromatic heterocycles. The Morgan fingerprint density at radius 2 is 2.06 bits per heavy atom. The van der Waals surface area contributed by atoms with Crippen LogP contribution in [-0.4, -0.2) is 50.0 Å². The number of pyridine rings is 1. The molecule has 0 unspecified atom stereocenters. The number of nitrogens with zero attached hydrogens (tertiary/aromatic N) is 5. The third-order valence-electron chi connectivity index (χ3n) is 5.72. The summed E-state index contributed by atoms with van der Waals surface area (Å²) < 4.78 is 6.75. The zero-order chi connectivity index (χ0) is 22.2. The average Bonchev–Trinajstić information content (AvgIpc) is 3.41. The lowest BCUT2D eigenvalue weighted by atomic mass is 10.0. The highest BCUT2D eigenvalue weighted by Crippen LogP contribution is 2.37. The quantitative estimate of drug-likeness (QED) is 0.446. The van der Waals surface area contributed by atoms with Crippen LogP contribution in [0.5, 0.6) is 0 Å². The van der Waals surface area contributed by atoms with Crippen LogP contribution in [0.25, 0.3) is 22.2 Å². The number of nitrogen functional groups attached to an aromatic ring is 1. The predicted octanol–water partition coefficient (Wildman–Crippen LogP) is 2.42. The SMILES string of the molecule is Cn1nc2cc(N3CCC(O)CC3)c(NC(=O)c3cocn3)cc2c1-c1ccnc(N)c1. The first-order chi connectivity index (χ1) is 15.5. The van der Waals surface area contributed by atoms with Gasteiger partial charge >= 0.3 is 0 Å². The lowest BCUT2D eigenvalue weighted by Crippen LogP contribution is -2.36. The van der Waals surface area contributed by atoms with Crippen LogP contribution in [-0.2, 0) is 7.05 Å². The second kappa shape index (κ2) is 7.97. The Morgan fingerprint density at radius 1 is 1.25 bits per heavy atom. The Labute approximate surface area is 183 Å². The normalized spacial score (nSPS) is 14.8. The number of anilines is 3. The molecular formula is C22H23N7O3. The Balaban J connectivity index is 1.63. The molecular weight excluding hydrogens is 410 g/mol. The van der Waals surface area contributed by atoms with Crippen LogP contribution in [0.3, 0.4) is 0 Å². The number of nitrogens with one attached hydrogen (secondary N) is 1. The number of hydrogen-bond donors (Lipinski definition) is 3. The first-order valence-corrected chi connectivity index (χ1v) is 10.3. The molecule has 0 spiro atoms. The number of aliphatic hydroxyl groups is 1. The molecule has 1 aromatic carbocycles. The molecule has 164 valence electrons. The number of aryl methyl sites for hydroxylation is 1. The molecule has 10 heteroatoms. The van der Waals surface area contributed by atoms with Crippen molar-refractivity contribution in [2.75, 3.05) is 29.0 Å². The van der Waals surface area contributed by atoms with Gasteiger partial charge in [-0.25, -0.2) is 9.97 Å². The largest absolute Gasteiger partial charge is 0.451 e. The fourth-order valence-electron chi connectivity index (χ4n) is 4.15. The van der Waals surface area contributed by atoms with Crippen LogP contribution in [0.15, 0.2) is 47.5 Å². The fourth-order valence-corrected chi connectivity index (χ4v) is 4.15. The van der Waals surface area contributed by atoms with Gasteiger partial charge in [-0.2, -0.15) is 5.10 Å². The molecule has 5 rings (SSSR count). The van der Waals surface area contributed by atoms with Gasteiger partial charge in [0, 0.05) is 37.3 Å². The van der Waals surface area contributed by atoms with Gasteiger partial charge in [-0.05, 0) is 37.1 Å². The Morgan fingerprint density at radius 3 is 2.78 bits per heavy atom. The summed E-state index contributed by atoms with van der Waals surface area (Å²) in [6.45, 7) is 1.36. The van der Waals surface area contributed by atoms with Gasteiger partial charge in [-0.1, -0.05) is 0 Å². The van der Waals surface area contributed by atoms with E-state index in [1.54, 1.807) is 16.9 Å². The number of nitrogens with two attached hydrogens (primary N) is 1. The standard InChI is InChI=1S/C22H23N7O3/c1-28-21(13-2-5-24-20(23)8-13)15-9-17(26-22(31)18-11-32-12-25-18)19(10-16(15)27-28)29-6-3-14(30)4-7-29/h2,5,8-12,14,30H,3-4,6-7H2,1H3,(H2,23,24)(H,26,31). The third-order valence-corrected chi connectivity index (χ3v) is 5.72. The summed E-state index contributed by atoms with van der Waals surface area (Å²) in [5.41, 5.74) is 10.1. The molecule has 0 bridgehead atoms. The zero-order valence-electron chi connectivity index (χ0n) is 17.5. The lowest BCUT2D eigenvalue weighted by Gasteiger charge is -2.32. The van der Waals surface area contributed by atoms with E-state index in [-0.39, 0.29) is 17.7 Å². The first kappa shape index (κ1) is 20.0.